The van der Waals surface area contributed by atoms with Crippen molar-refractivity contribution in [1.82, 2.24) is 24.9 Å². The lowest BCUT2D eigenvalue weighted by molar-refractivity contribution is 0.528. The average Bonchev–Trinajstić information content (AvgIpc) is 2.87. The third-order valence-electron chi connectivity index (χ3n) is 3.52. The Morgan fingerprint density at radius 2 is 1.85 bits per heavy atom. The summed E-state index contributed by atoms with van der Waals surface area (Å²) in [6, 6.07) is 0.410. The van der Waals surface area contributed by atoms with Crippen molar-refractivity contribution in [3.05, 3.63) is 34.9 Å². The smallest absolute Gasteiger partial charge is 0.0638 e. The van der Waals surface area contributed by atoms with Crippen LogP contribution in [0, 0.1) is 13.8 Å². The van der Waals surface area contributed by atoms with E-state index in [2.05, 4.69) is 49.4 Å². The quantitative estimate of drug-likeness (QED) is 0.922. The molecule has 0 aliphatic rings. The van der Waals surface area contributed by atoms with Crippen molar-refractivity contribution in [2.75, 3.05) is 0 Å². The lowest BCUT2D eigenvalue weighted by Crippen LogP contribution is -2.13. The Labute approximate surface area is 126 Å². The molecule has 1 N–H and O–H groups in total. The molecule has 2 aromatic heterocycles. The first-order valence-corrected chi connectivity index (χ1v) is 6.72. The van der Waals surface area contributed by atoms with Gasteiger partial charge >= 0.3 is 0 Å². The number of aryl methyl sites for hydroxylation is 2. The van der Waals surface area contributed by atoms with Crippen molar-refractivity contribution in [1.29, 1.82) is 0 Å². The number of hydrogen-bond donors (Lipinski definition) is 1. The molecule has 5 nitrogen and oxygen atoms in total. The van der Waals surface area contributed by atoms with Gasteiger partial charge in [-0.15, -0.1) is 12.4 Å². The van der Waals surface area contributed by atoms with Crippen molar-refractivity contribution in [3.8, 4) is 0 Å². The number of halogens is 1. The molecular formula is C14H24ClN5. The molecule has 0 spiro atoms. The Hall–Kier alpha value is -1.33. The molecular weight excluding hydrogens is 274 g/mol. The maximum absolute atomic E-state index is 4.52. The molecule has 2 heterocycles. The van der Waals surface area contributed by atoms with E-state index in [-0.39, 0.29) is 12.4 Å². The zero-order valence-corrected chi connectivity index (χ0v) is 13.7. The van der Waals surface area contributed by atoms with Crippen LogP contribution < -0.4 is 5.32 Å². The summed E-state index contributed by atoms with van der Waals surface area (Å²) in [6.07, 6.45) is 4.05. The monoisotopic (exact) mass is 297 g/mol. The molecule has 0 fully saturated rings. The maximum Gasteiger partial charge on any atom is 0.0638 e. The first kappa shape index (κ1) is 16.7. The summed E-state index contributed by atoms with van der Waals surface area (Å²) in [5.74, 6) is 0. The number of rotatable bonds is 5. The fourth-order valence-electron chi connectivity index (χ4n) is 2.01. The summed E-state index contributed by atoms with van der Waals surface area (Å²) in [4.78, 5) is 0. The van der Waals surface area contributed by atoms with Gasteiger partial charge in [-0.25, -0.2) is 0 Å². The van der Waals surface area contributed by atoms with Crippen LogP contribution in [0.1, 0.15) is 42.4 Å². The minimum atomic E-state index is 0. The largest absolute Gasteiger partial charge is 0.308 e. The second-order valence-corrected chi connectivity index (χ2v) is 5.30. The Morgan fingerprint density at radius 1 is 1.20 bits per heavy atom. The van der Waals surface area contributed by atoms with Gasteiger partial charge in [0.25, 0.3) is 0 Å². The molecule has 6 heteroatoms. The normalized spacial score (nSPS) is 10.9. The van der Waals surface area contributed by atoms with Gasteiger partial charge in [0.2, 0.25) is 0 Å². The van der Waals surface area contributed by atoms with Crippen LogP contribution in [-0.4, -0.2) is 19.6 Å². The van der Waals surface area contributed by atoms with Crippen molar-refractivity contribution in [2.45, 2.75) is 46.8 Å². The van der Waals surface area contributed by atoms with E-state index in [1.165, 1.54) is 16.8 Å². The van der Waals surface area contributed by atoms with E-state index in [9.17, 15) is 0 Å². The van der Waals surface area contributed by atoms with Gasteiger partial charge in [-0.2, -0.15) is 10.2 Å². The summed E-state index contributed by atoms with van der Waals surface area (Å²) in [5.41, 5.74) is 4.82. The zero-order chi connectivity index (χ0) is 14.0. The molecule has 0 aliphatic carbocycles. The Kier molecular flexibility index (Phi) is 5.77. The van der Waals surface area contributed by atoms with Crippen LogP contribution in [0.2, 0.25) is 0 Å². The van der Waals surface area contributed by atoms with Gasteiger partial charge in [0, 0.05) is 49.2 Å². The molecule has 112 valence electrons. The summed E-state index contributed by atoms with van der Waals surface area (Å²) < 4.78 is 3.92. The van der Waals surface area contributed by atoms with Gasteiger partial charge in [-0.05, 0) is 27.7 Å². The molecule has 0 aliphatic heterocycles. The fraction of sp³-hybridized carbons (Fsp3) is 0.571. The van der Waals surface area contributed by atoms with Gasteiger partial charge in [-0.1, -0.05) is 0 Å². The van der Waals surface area contributed by atoms with Crippen LogP contribution >= 0.6 is 12.4 Å². The van der Waals surface area contributed by atoms with Crippen LogP contribution in [0.5, 0.6) is 0 Å². The maximum atomic E-state index is 4.52. The molecule has 0 saturated heterocycles. The Balaban J connectivity index is 0.00000200. The van der Waals surface area contributed by atoms with E-state index in [0.717, 1.165) is 18.8 Å². The van der Waals surface area contributed by atoms with Gasteiger partial charge < -0.3 is 5.32 Å². The first-order valence-electron chi connectivity index (χ1n) is 6.72. The number of hydrogen-bond acceptors (Lipinski definition) is 3. The molecule has 0 saturated carbocycles. The zero-order valence-electron chi connectivity index (χ0n) is 12.8. The SMILES string of the molecule is Cc1nn(C(C)C)cc1CNCc1cnn(C)c1C.Cl. The highest BCUT2D eigenvalue weighted by molar-refractivity contribution is 5.85. The summed E-state index contributed by atoms with van der Waals surface area (Å²) >= 11 is 0. The van der Waals surface area contributed by atoms with Crippen LogP contribution in [0.25, 0.3) is 0 Å². The molecule has 0 unspecified atom stereocenters. The standard InChI is InChI=1S/C14H23N5.ClH/c1-10(2)19-9-14(11(3)17-19)7-15-6-13-8-16-18(5)12(13)4;/h8-10,15H,6-7H2,1-5H3;1H. The number of nitrogens with zero attached hydrogens (tertiary/aromatic N) is 4. The van der Waals surface area contributed by atoms with Crippen LogP contribution in [0.15, 0.2) is 12.4 Å². The number of nitrogens with one attached hydrogen (secondary N) is 1. The lowest BCUT2D eigenvalue weighted by Gasteiger charge is -2.04. The third kappa shape index (κ3) is 3.61. The van der Waals surface area contributed by atoms with E-state index >= 15 is 0 Å². The molecule has 0 atom stereocenters. The second kappa shape index (κ2) is 6.90. The van der Waals surface area contributed by atoms with E-state index in [1.807, 2.05) is 22.6 Å². The van der Waals surface area contributed by atoms with Crippen LogP contribution in [0.4, 0.5) is 0 Å². The fourth-order valence-corrected chi connectivity index (χ4v) is 2.01. The van der Waals surface area contributed by atoms with Crippen molar-refractivity contribution < 1.29 is 0 Å². The molecule has 0 radical (unpaired) electrons. The Bertz CT molecular complexity index is 556. The highest BCUT2D eigenvalue weighted by Crippen LogP contribution is 2.11. The van der Waals surface area contributed by atoms with E-state index in [0.29, 0.717) is 6.04 Å². The molecule has 0 aromatic carbocycles. The molecule has 0 amide bonds. The van der Waals surface area contributed by atoms with Gasteiger partial charge in [-0.3, -0.25) is 9.36 Å². The number of aromatic nitrogens is 4. The summed E-state index contributed by atoms with van der Waals surface area (Å²) in [7, 11) is 1.97. The Morgan fingerprint density at radius 3 is 2.35 bits per heavy atom. The minimum absolute atomic E-state index is 0. The van der Waals surface area contributed by atoms with E-state index in [1.54, 1.807) is 0 Å². The molecule has 2 rings (SSSR count). The molecule has 20 heavy (non-hydrogen) atoms. The highest BCUT2D eigenvalue weighted by atomic mass is 35.5. The average molecular weight is 298 g/mol. The summed E-state index contributed by atoms with van der Waals surface area (Å²) in [6.45, 7) is 10.1. The van der Waals surface area contributed by atoms with E-state index < -0.39 is 0 Å². The van der Waals surface area contributed by atoms with Crippen LogP contribution in [-0.2, 0) is 20.1 Å². The van der Waals surface area contributed by atoms with Gasteiger partial charge in [0.1, 0.15) is 0 Å². The molecule has 0 bridgehead atoms. The van der Waals surface area contributed by atoms with Gasteiger partial charge in [0.15, 0.2) is 0 Å². The summed E-state index contributed by atoms with van der Waals surface area (Å²) in [5, 5.41) is 12.2. The highest BCUT2D eigenvalue weighted by Gasteiger charge is 2.08. The van der Waals surface area contributed by atoms with Crippen molar-refractivity contribution in [2.24, 2.45) is 7.05 Å². The van der Waals surface area contributed by atoms with Crippen LogP contribution in [0.3, 0.4) is 0 Å². The molecule has 2 aromatic rings. The van der Waals surface area contributed by atoms with Crippen molar-refractivity contribution >= 4 is 12.4 Å². The predicted octanol–water partition coefficient (Wildman–Crippen LogP) is 2.53. The minimum Gasteiger partial charge on any atom is -0.308 e. The topological polar surface area (TPSA) is 47.7 Å². The third-order valence-corrected chi connectivity index (χ3v) is 3.52. The lowest BCUT2D eigenvalue weighted by atomic mass is 10.2. The first-order chi connectivity index (χ1) is 8.99. The van der Waals surface area contributed by atoms with E-state index in [4.69, 9.17) is 0 Å². The van der Waals surface area contributed by atoms with Gasteiger partial charge in [0.05, 0.1) is 11.9 Å². The predicted molar refractivity (Wildman–Crippen MR) is 83.1 cm³/mol. The second-order valence-electron chi connectivity index (χ2n) is 5.30. The van der Waals surface area contributed by atoms with Crippen molar-refractivity contribution in [3.63, 3.8) is 0 Å².